The van der Waals surface area contributed by atoms with Gasteiger partial charge in [0.25, 0.3) is 5.91 Å². The number of benzene rings is 2. The first-order valence-electron chi connectivity index (χ1n) is 10.3. The number of carbonyl (C=O) groups is 2. The Balaban J connectivity index is 2.02. The second kappa shape index (κ2) is 11.6. The van der Waals surface area contributed by atoms with E-state index < -0.39 is 10.0 Å². The molecule has 2 N–H and O–H groups in total. The number of rotatable bonds is 11. The number of ether oxygens (including phenoxy) is 1. The predicted octanol–water partition coefficient (Wildman–Crippen LogP) is 2.86. The average Bonchev–Trinajstić information content (AvgIpc) is 2.73. The van der Waals surface area contributed by atoms with Gasteiger partial charge in [-0.1, -0.05) is 24.3 Å². The van der Waals surface area contributed by atoms with Gasteiger partial charge in [0, 0.05) is 26.6 Å². The summed E-state index contributed by atoms with van der Waals surface area (Å²) in [5.74, 6) is -0.604. The lowest BCUT2D eigenvalue weighted by Gasteiger charge is -2.24. The molecule has 8 nitrogen and oxygen atoms in total. The van der Waals surface area contributed by atoms with E-state index in [0.717, 1.165) is 17.4 Å². The molecule has 2 aromatic carbocycles. The van der Waals surface area contributed by atoms with Crippen LogP contribution in [0.25, 0.3) is 0 Å². The molecule has 2 amide bonds. The van der Waals surface area contributed by atoms with Gasteiger partial charge in [-0.05, 0) is 49.6 Å². The second-order valence-corrected chi connectivity index (χ2v) is 9.48. The van der Waals surface area contributed by atoms with Gasteiger partial charge in [-0.25, -0.2) is 8.42 Å². The fourth-order valence-corrected chi connectivity index (χ4v) is 4.22. The summed E-state index contributed by atoms with van der Waals surface area (Å²) in [6.07, 6.45) is 1.60. The van der Waals surface area contributed by atoms with Crippen molar-refractivity contribution in [3.05, 3.63) is 59.2 Å². The van der Waals surface area contributed by atoms with Crippen LogP contribution < -0.4 is 14.9 Å². The van der Waals surface area contributed by atoms with Crippen molar-refractivity contribution in [3.63, 3.8) is 0 Å². The molecule has 0 unspecified atom stereocenters. The number of hydrogen-bond acceptors (Lipinski definition) is 5. The minimum absolute atomic E-state index is 0.108. The standard InChI is InChI=1S/C23H31N3O5S/c1-17-11-12-18(2)21(16-17)26(32(4,29)30)14-7-10-22(27)25-20-9-6-5-8-19(20)23(28)24-13-15-31-3/h5-6,8-9,11-12,16H,7,10,13-15H2,1-4H3,(H,24,28)(H,25,27). The number of hydrogen-bond donors (Lipinski definition) is 2. The van der Waals surface area contributed by atoms with Crippen molar-refractivity contribution in [2.24, 2.45) is 0 Å². The van der Waals surface area contributed by atoms with Gasteiger partial charge in [-0.3, -0.25) is 13.9 Å². The van der Waals surface area contributed by atoms with Crippen LogP contribution in [0.4, 0.5) is 11.4 Å². The maximum Gasteiger partial charge on any atom is 0.253 e. The molecule has 32 heavy (non-hydrogen) atoms. The molecule has 0 radical (unpaired) electrons. The third-order valence-corrected chi connectivity index (χ3v) is 6.02. The number of amides is 2. The zero-order valence-corrected chi connectivity index (χ0v) is 19.8. The smallest absolute Gasteiger partial charge is 0.253 e. The summed E-state index contributed by atoms with van der Waals surface area (Å²) in [4.78, 5) is 24.9. The van der Waals surface area contributed by atoms with E-state index in [1.807, 2.05) is 32.0 Å². The monoisotopic (exact) mass is 461 g/mol. The highest BCUT2D eigenvalue weighted by Gasteiger charge is 2.20. The molecule has 2 aromatic rings. The van der Waals surface area contributed by atoms with E-state index in [1.54, 1.807) is 31.4 Å². The van der Waals surface area contributed by atoms with Crippen LogP contribution in [-0.4, -0.2) is 53.3 Å². The van der Waals surface area contributed by atoms with Gasteiger partial charge < -0.3 is 15.4 Å². The molecule has 0 fully saturated rings. The summed E-state index contributed by atoms with van der Waals surface area (Å²) in [6.45, 7) is 4.68. The van der Waals surface area contributed by atoms with E-state index in [-0.39, 0.29) is 24.8 Å². The van der Waals surface area contributed by atoms with Crippen LogP contribution in [0.3, 0.4) is 0 Å². The highest BCUT2D eigenvalue weighted by Crippen LogP contribution is 2.24. The molecule has 0 bridgehead atoms. The van der Waals surface area contributed by atoms with Crippen LogP contribution in [0.5, 0.6) is 0 Å². The number of carbonyl (C=O) groups excluding carboxylic acids is 2. The Morgan fingerprint density at radius 2 is 1.81 bits per heavy atom. The van der Waals surface area contributed by atoms with Crippen molar-refractivity contribution in [2.75, 3.05) is 42.7 Å². The summed E-state index contributed by atoms with van der Waals surface area (Å²) in [7, 11) is -1.96. The van der Waals surface area contributed by atoms with Crippen LogP contribution in [0.2, 0.25) is 0 Å². The molecule has 0 aliphatic heterocycles. The molecule has 0 aliphatic carbocycles. The molecular formula is C23H31N3O5S. The second-order valence-electron chi connectivity index (χ2n) is 7.57. The number of sulfonamides is 1. The quantitative estimate of drug-likeness (QED) is 0.501. The van der Waals surface area contributed by atoms with Crippen molar-refractivity contribution in [3.8, 4) is 0 Å². The molecule has 2 rings (SSSR count). The van der Waals surface area contributed by atoms with Gasteiger partial charge in [0.2, 0.25) is 15.9 Å². The Morgan fingerprint density at radius 1 is 1.09 bits per heavy atom. The first-order valence-corrected chi connectivity index (χ1v) is 12.2. The fourth-order valence-electron chi connectivity index (χ4n) is 3.20. The van der Waals surface area contributed by atoms with Gasteiger partial charge in [-0.15, -0.1) is 0 Å². The lowest BCUT2D eigenvalue weighted by molar-refractivity contribution is -0.116. The highest BCUT2D eigenvalue weighted by molar-refractivity contribution is 7.92. The van der Waals surface area contributed by atoms with Crippen molar-refractivity contribution >= 4 is 33.2 Å². The Hall–Kier alpha value is -2.91. The fraction of sp³-hybridized carbons (Fsp3) is 0.391. The summed E-state index contributed by atoms with van der Waals surface area (Å²) >= 11 is 0. The first kappa shape index (κ1) is 25.4. The van der Waals surface area contributed by atoms with E-state index in [9.17, 15) is 18.0 Å². The topological polar surface area (TPSA) is 105 Å². The molecule has 0 aliphatic rings. The van der Waals surface area contributed by atoms with E-state index in [1.165, 1.54) is 4.31 Å². The van der Waals surface area contributed by atoms with Crippen LogP contribution in [0.1, 0.15) is 34.3 Å². The van der Waals surface area contributed by atoms with Crippen molar-refractivity contribution < 1.29 is 22.7 Å². The maximum absolute atomic E-state index is 12.5. The molecule has 174 valence electrons. The number of aryl methyl sites for hydroxylation is 2. The molecule has 9 heteroatoms. The van der Waals surface area contributed by atoms with Gasteiger partial charge in [-0.2, -0.15) is 0 Å². The Labute approximate surface area is 190 Å². The number of para-hydroxylation sites is 1. The van der Waals surface area contributed by atoms with Gasteiger partial charge in [0.15, 0.2) is 0 Å². The molecule has 0 saturated carbocycles. The Morgan fingerprint density at radius 3 is 2.50 bits per heavy atom. The third kappa shape index (κ3) is 7.35. The summed E-state index contributed by atoms with van der Waals surface area (Å²) in [6, 6.07) is 12.4. The Kier molecular flexibility index (Phi) is 9.22. The third-order valence-electron chi connectivity index (χ3n) is 4.84. The zero-order valence-electron chi connectivity index (χ0n) is 19.0. The van der Waals surface area contributed by atoms with Crippen molar-refractivity contribution in [1.29, 1.82) is 0 Å². The number of anilines is 2. The van der Waals surface area contributed by atoms with Crippen LogP contribution in [-0.2, 0) is 19.6 Å². The van der Waals surface area contributed by atoms with Crippen molar-refractivity contribution in [1.82, 2.24) is 5.32 Å². The molecule has 0 heterocycles. The van der Waals surface area contributed by atoms with E-state index in [0.29, 0.717) is 36.5 Å². The molecule has 0 atom stereocenters. The maximum atomic E-state index is 12.5. The largest absolute Gasteiger partial charge is 0.383 e. The van der Waals surface area contributed by atoms with Gasteiger partial charge >= 0.3 is 0 Å². The molecule has 0 aromatic heterocycles. The summed E-state index contributed by atoms with van der Waals surface area (Å²) < 4.78 is 31.0. The Bertz CT molecular complexity index is 1050. The number of methoxy groups -OCH3 is 1. The average molecular weight is 462 g/mol. The number of nitrogens with one attached hydrogen (secondary N) is 2. The van der Waals surface area contributed by atoms with E-state index in [2.05, 4.69) is 10.6 Å². The summed E-state index contributed by atoms with van der Waals surface area (Å²) in [5.41, 5.74) is 3.18. The van der Waals surface area contributed by atoms with Crippen LogP contribution in [0.15, 0.2) is 42.5 Å². The zero-order chi connectivity index (χ0) is 23.7. The van der Waals surface area contributed by atoms with Gasteiger partial charge in [0.1, 0.15) is 0 Å². The first-order chi connectivity index (χ1) is 15.1. The summed E-state index contributed by atoms with van der Waals surface area (Å²) in [5, 5.41) is 5.48. The highest BCUT2D eigenvalue weighted by atomic mass is 32.2. The molecular weight excluding hydrogens is 430 g/mol. The van der Waals surface area contributed by atoms with E-state index >= 15 is 0 Å². The van der Waals surface area contributed by atoms with Crippen LogP contribution in [0, 0.1) is 13.8 Å². The number of nitrogens with zero attached hydrogens (tertiary/aromatic N) is 1. The van der Waals surface area contributed by atoms with E-state index in [4.69, 9.17) is 4.74 Å². The lowest BCUT2D eigenvalue weighted by atomic mass is 10.1. The predicted molar refractivity (Wildman–Crippen MR) is 127 cm³/mol. The van der Waals surface area contributed by atoms with Gasteiger partial charge in [0.05, 0.1) is 29.8 Å². The lowest BCUT2D eigenvalue weighted by Crippen LogP contribution is -2.32. The minimum atomic E-state index is -3.50. The molecule has 0 spiro atoms. The van der Waals surface area contributed by atoms with Crippen LogP contribution >= 0.6 is 0 Å². The minimum Gasteiger partial charge on any atom is -0.383 e. The van der Waals surface area contributed by atoms with Crippen molar-refractivity contribution in [2.45, 2.75) is 26.7 Å². The normalized spacial score (nSPS) is 11.1. The molecule has 0 saturated heterocycles. The SMILES string of the molecule is COCCNC(=O)c1ccccc1NC(=O)CCCN(c1cc(C)ccc1C)S(C)(=O)=O.